The first kappa shape index (κ1) is 20.3. The summed E-state index contributed by atoms with van der Waals surface area (Å²) in [6, 6.07) is 4.48. The third-order valence-corrected chi connectivity index (χ3v) is 8.41. The highest BCUT2D eigenvalue weighted by atomic mass is 32.2. The number of phenols is 1. The molecular weight excluding hydrogens is 420 g/mol. The number of rotatable bonds is 5. The SMILES string of the molecule is O=C(NCCc1ccc(N2C=C(O)NS2(=O)=O)c(O)c1)NC12CC3CC(CC(C3)C1)C2. The van der Waals surface area contributed by atoms with Crippen molar-refractivity contribution < 1.29 is 23.4 Å². The highest BCUT2D eigenvalue weighted by Gasteiger charge is 2.51. The van der Waals surface area contributed by atoms with Crippen LogP contribution in [0.3, 0.4) is 0 Å². The number of amides is 2. The van der Waals surface area contributed by atoms with E-state index in [1.807, 2.05) is 4.72 Å². The maximum Gasteiger partial charge on any atom is 0.330 e. The van der Waals surface area contributed by atoms with E-state index in [9.17, 15) is 23.4 Å². The van der Waals surface area contributed by atoms with Crippen LogP contribution in [0.2, 0.25) is 0 Å². The van der Waals surface area contributed by atoms with Crippen LogP contribution in [-0.2, 0) is 16.6 Å². The monoisotopic (exact) mass is 448 g/mol. The maximum absolute atomic E-state index is 12.5. The number of anilines is 1. The molecule has 0 aromatic heterocycles. The number of phenolic OH excluding ortho intramolecular Hbond substituents is 1. The van der Waals surface area contributed by atoms with Crippen molar-refractivity contribution in [2.75, 3.05) is 10.8 Å². The number of carbonyl (C=O) groups excluding carboxylic acids is 1. The smallest absolute Gasteiger partial charge is 0.330 e. The number of aliphatic hydroxyl groups is 1. The van der Waals surface area contributed by atoms with Gasteiger partial charge in [-0.2, -0.15) is 8.42 Å². The van der Waals surface area contributed by atoms with Gasteiger partial charge in [-0.05, 0) is 80.4 Å². The molecule has 1 aromatic carbocycles. The minimum atomic E-state index is -3.96. The second kappa shape index (κ2) is 7.22. The van der Waals surface area contributed by atoms with Gasteiger partial charge in [-0.25, -0.2) is 13.8 Å². The first-order chi connectivity index (χ1) is 14.7. The zero-order valence-corrected chi connectivity index (χ0v) is 18.0. The second-order valence-electron chi connectivity index (χ2n) is 9.57. The third kappa shape index (κ3) is 3.88. The van der Waals surface area contributed by atoms with Crippen molar-refractivity contribution in [2.24, 2.45) is 17.8 Å². The van der Waals surface area contributed by atoms with Gasteiger partial charge >= 0.3 is 16.2 Å². The van der Waals surface area contributed by atoms with Gasteiger partial charge in [-0.15, -0.1) is 0 Å². The summed E-state index contributed by atoms with van der Waals surface area (Å²) < 4.78 is 26.6. The lowest BCUT2D eigenvalue weighted by molar-refractivity contribution is -0.0135. The van der Waals surface area contributed by atoms with E-state index in [1.54, 1.807) is 6.07 Å². The van der Waals surface area contributed by atoms with Crippen molar-refractivity contribution in [2.45, 2.75) is 50.5 Å². The van der Waals surface area contributed by atoms with Gasteiger partial charge < -0.3 is 20.8 Å². The molecule has 0 unspecified atom stereocenters. The summed E-state index contributed by atoms with van der Waals surface area (Å²) in [7, 11) is -3.96. The number of hydrogen-bond donors (Lipinski definition) is 5. The standard InChI is InChI=1S/C21H28N4O5S/c26-18-8-13(1-2-17(18)25-12-19(27)24-31(25,29)30)3-4-22-20(28)23-21-9-14-5-15(10-21)7-16(6-14)11-21/h1-2,8,12,14-16,24,26-27H,3-7,9-11H2,(H2,22,23,28). The fourth-order valence-electron chi connectivity index (χ4n) is 6.37. The van der Waals surface area contributed by atoms with Crippen LogP contribution in [0.15, 0.2) is 30.3 Å². The van der Waals surface area contributed by atoms with Crippen molar-refractivity contribution in [1.82, 2.24) is 15.4 Å². The number of nitrogens with one attached hydrogen (secondary N) is 3. The van der Waals surface area contributed by atoms with Gasteiger partial charge in [-0.3, -0.25) is 0 Å². The van der Waals surface area contributed by atoms with Gasteiger partial charge in [0.15, 0.2) is 0 Å². The van der Waals surface area contributed by atoms with E-state index in [0.29, 0.717) is 13.0 Å². The normalized spacial score (nSPS) is 32.5. The lowest BCUT2D eigenvalue weighted by atomic mass is 9.53. The first-order valence-corrected chi connectivity index (χ1v) is 12.3. The van der Waals surface area contributed by atoms with Gasteiger partial charge in [0.05, 0.1) is 6.20 Å². The molecule has 5 N–H and O–H groups in total. The summed E-state index contributed by atoms with van der Waals surface area (Å²) in [4.78, 5) is 12.5. The fraction of sp³-hybridized carbons (Fsp3) is 0.571. The Morgan fingerprint density at radius 2 is 1.77 bits per heavy atom. The van der Waals surface area contributed by atoms with Crippen LogP contribution in [-0.4, -0.2) is 36.7 Å². The third-order valence-electron chi connectivity index (χ3n) is 7.13. The predicted octanol–water partition coefficient (Wildman–Crippen LogP) is 2.21. The molecule has 4 saturated carbocycles. The molecule has 5 aliphatic rings. The Hall–Kier alpha value is -2.62. The summed E-state index contributed by atoms with van der Waals surface area (Å²) in [5, 5.41) is 25.9. The highest BCUT2D eigenvalue weighted by Crippen LogP contribution is 2.55. The average molecular weight is 449 g/mol. The molecule has 0 atom stereocenters. The molecule has 31 heavy (non-hydrogen) atoms. The van der Waals surface area contributed by atoms with E-state index in [-0.39, 0.29) is 23.0 Å². The topological polar surface area (TPSA) is 131 Å². The molecule has 0 saturated heterocycles. The van der Waals surface area contributed by atoms with Crippen molar-refractivity contribution in [3.63, 3.8) is 0 Å². The Balaban J connectivity index is 1.16. The van der Waals surface area contributed by atoms with Crippen LogP contribution >= 0.6 is 0 Å². The van der Waals surface area contributed by atoms with Crippen molar-refractivity contribution in [3.05, 3.63) is 35.8 Å². The van der Waals surface area contributed by atoms with E-state index < -0.39 is 16.1 Å². The van der Waals surface area contributed by atoms with Crippen LogP contribution in [0.5, 0.6) is 5.75 Å². The molecule has 168 valence electrons. The summed E-state index contributed by atoms with van der Waals surface area (Å²) in [5.41, 5.74) is 0.759. The number of urea groups is 1. The van der Waals surface area contributed by atoms with Crippen LogP contribution < -0.4 is 19.7 Å². The summed E-state index contributed by atoms with van der Waals surface area (Å²) in [5.74, 6) is 1.54. The number of benzene rings is 1. The maximum atomic E-state index is 12.5. The molecular formula is C21H28N4O5S. The Morgan fingerprint density at radius 1 is 1.13 bits per heavy atom. The van der Waals surface area contributed by atoms with E-state index >= 15 is 0 Å². The molecule has 10 heteroatoms. The van der Waals surface area contributed by atoms with Gasteiger partial charge in [0, 0.05) is 12.1 Å². The molecule has 9 nitrogen and oxygen atoms in total. The van der Waals surface area contributed by atoms with Crippen LogP contribution in [0.1, 0.15) is 44.1 Å². The molecule has 0 spiro atoms. The van der Waals surface area contributed by atoms with Gasteiger partial charge in [0.25, 0.3) is 0 Å². The number of aromatic hydroxyl groups is 1. The number of hydrogen-bond acceptors (Lipinski definition) is 5. The number of nitrogens with zero attached hydrogens (tertiary/aromatic N) is 1. The Bertz CT molecular complexity index is 1000. The Kier molecular flexibility index (Phi) is 4.72. The predicted molar refractivity (Wildman–Crippen MR) is 114 cm³/mol. The zero-order valence-electron chi connectivity index (χ0n) is 17.2. The van der Waals surface area contributed by atoms with Gasteiger partial charge in [-0.1, -0.05) is 6.07 Å². The molecule has 1 aromatic rings. The summed E-state index contributed by atoms with van der Waals surface area (Å²) >= 11 is 0. The van der Waals surface area contributed by atoms with Crippen LogP contribution in [0, 0.1) is 17.8 Å². The largest absolute Gasteiger partial charge is 0.506 e. The number of carbonyl (C=O) groups is 1. The molecule has 0 radical (unpaired) electrons. The van der Waals surface area contributed by atoms with Crippen molar-refractivity contribution >= 4 is 21.9 Å². The van der Waals surface area contributed by atoms with Crippen LogP contribution in [0.4, 0.5) is 10.5 Å². The minimum absolute atomic E-state index is 0.0346. The molecule has 4 fully saturated rings. The highest BCUT2D eigenvalue weighted by molar-refractivity contribution is 7.91. The van der Waals surface area contributed by atoms with E-state index in [0.717, 1.165) is 53.1 Å². The summed E-state index contributed by atoms with van der Waals surface area (Å²) in [6.07, 6.45) is 8.75. The van der Waals surface area contributed by atoms with E-state index in [2.05, 4.69) is 10.6 Å². The zero-order chi connectivity index (χ0) is 21.8. The Labute approximate surface area is 181 Å². The van der Waals surface area contributed by atoms with Gasteiger partial charge in [0.1, 0.15) is 11.4 Å². The molecule has 4 bridgehead atoms. The molecule has 1 aliphatic heterocycles. The van der Waals surface area contributed by atoms with Crippen molar-refractivity contribution in [1.29, 1.82) is 0 Å². The second-order valence-corrected chi connectivity index (χ2v) is 11.1. The molecule has 2 amide bonds. The molecule has 1 heterocycles. The van der Waals surface area contributed by atoms with Gasteiger partial charge in [0.2, 0.25) is 5.88 Å². The van der Waals surface area contributed by atoms with E-state index in [1.165, 1.54) is 31.4 Å². The molecule has 6 rings (SSSR count). The first-order valence-electron chi connectivity index (χ1n) is 10.8. The van der Waals surface area contributed by atoms with Crippen molar-refractivity contribution in [3.8, 4) is 5.75 Å². The van der Waals surface area contributed by atoms with Crippen LogP contribution in [0.25, 0.3) is 0 Å². The van der Waals surface area contributed by atoms with E-state index in [4.69, 9.17) is 0 Å². The number of aliphatic hydroxyl groups excluding tert-OH is 1. The quantitative estimate of drug-likeness (QED) is 0.471. The lowest BCUT2D eigenvalue weighted by Gasteiger charge is -2.56. The minimum Gasteiger partial charge on any atom is -0.506 e. The summed E-state index contributed by atoms with van der Waals surface area (Å²) in [6.45, 7) is 0.404. The fourth-order valence-corrected chi connectivity index (χ4v) is 7.43. The lowest BCUT2D eigenvalue weighted by Crippen LogP contribution is -2.61. The Morgan fingerprint density at radius 3 is 2.32 bits per heavy atom. The average Bonchev–Trinajstić information content (AvgIpc) is 2.92. The molecule has 4 aliphatic carbocycles.